The molecule has 4 amide bonds. The Bertz CT molecular complexity index is 1890. The molecule has 15 heteroatoms. The zero-order valence-electron chi connectivity index (χ0n) is 31.7. The first-order valence-corrected chi connectivity index (χ1v) is 19.2. The molecule has 2 aromatic heterocycles. The van der Waals surface area contributed by atoms with E-state index in [-0.39, 0.29) is 25.2 Å². The molecule has 0 aliphatic rings. The summed E-state index contributed by atoms with van der Waals surface area (Å²) in [4.78, 5) is 74.2. The maximum atomic E-state index is 14.4. The number of nitrogens with one attached hydrogen (secondary N) is 6. The normalized spacial score (nSPS) is 14.7. The van der Waals surface area contributed by atoms with E-state index >= 15 is 0 Å². The minimum atomic E-state index is -1.22. The van der Waals surface area contributed by atoms with Crippen molar-refractivity contribution < 1.29 is 29.1 Å². The van der Waals surface area contributed by atoms with Gasteiger partial charge in [-0.15, -0.1) is 0 Å². The number of H-pyrrole nitrogens is 2. The molecule has 4 aromatic rings. The minimum Gasteiger partial charge on any atom is -0.480 e. The highest BCUT2D eigenvalue weighted by Crippen LogP contribution is 2.22. The molecular weight excluding hydrogens is 702 g/mol. The van der Waals surface area contributed by atoms with Gasteiger partial charge in [-0.25, -0.2) is 4.79 Å². The lowest BCUT2D eigenvalue weighted by atomic mass is 9.96. The molecule has 0 unspecified atom stereocenters. The maximum absolute atomic E-state index is 14.4. The molecule has 13 N–H and O–H groups in total. The Morgan fingerprint density at radius 3 is 1.62 bits per heavy atom. The van der Waals surface area contributed by atoms with Crippen molar-refractivity contribution in [2.75, 3.05) is 13.1 Å². The van der Waals surface area contributed by atoms with Gasteiger partial charge >= 0.3 is 5.97 Å². The fourth-order valence-electron chi connectivity index (χ4n) is 6.62. The number of rotatable bonds is 23. The quantitative estimate of drug-likeness (QED) is 0.0496. The molecule has 0 spiro atoms. The molecule has 0 aliphatic heterocycles. The van der Waals surface area contributed by atoms with E-state index in [0.29, 0.717) is 51.6 Å². The lowest BCUT2D eigenvalue weighted by molar-refractivity contribution is -0.142. The molecule has 4 rings (SSSR count). The van der Waals surface area contributed by atoms with E-state index < -0.39 is 59.8 Å². The molecule has 2 aromatic carbocycles. The van der Waals surface area contributed by atoms with Gasteiger partial charge in [0.15, 0.2) is 0 Å². The fourth-order valence-corrected chi connectivity index (χ4v) is 6.62. The fraction of sp³-hybridized carbons (Fsp3) is 0.475. The number of carboxylic acids is 1. The summed E-state index contributed by atoms with van der Waals surface area (Å²) in [5, 5.41) is 22.8. The van der Waals surface area contributed by atoms with Gasteiger partial charge in [-0.2, -0.15) is 0 Å². The highest BCUT2D eigenvalue weighted by Gasteiger charge is 2.34. The number of aromatic nitrogens is 2. The third-order valence-electron chi connectivity index (χ3n) is 10.1. The Balaban J connectivity index is 1.65. The van der Waals surface area contributed by atoms with Crippen LogP contribution in [-0.2, 0) is 36.8 Å². The zero-order chi connectivity index (χ0) is 39.9. The average Bonchev–Trinajstić information content (AvgIpc) is 3.79. The maximum Gasteiger partial charge on any atom is 0.326 e. The summed E-state index contributed by atoms with van der Waals surface area (Å²) in [5.74, 6) is -3.94. The van der Waals surface area contributed by atoms with Crippen LogP contribution in [0, 0.1) is 5.92 Å². The second-order valence-corrected chi connectivity index (χ2v) is 14.2. The molecule has 298 valence electrons. The second kappa shape index (κ2) is 21.0. The van der Waals surface area contributed by atoms with E-state index in [1.54, 1.807) is 12.4 Å². The number of amides is 4. The number of fused-ring (bicyclic) bond motifs is 2. The van der Waals surface area contributed by atoms with Crippen LogP contribution in [0.1, 0.15) is 69.9 Å². The van der Waals surface area contributed by atoms with Crippen LogP contribution in [-0.4, -0.2) is 88.0 Å². The first-order chi connectivity index (χ1) is 26.5. The van der Waals surface area contributed by atoms with Crippen molar-refractivity contribution in [3.63, 3.8) is 0 Å². The van der Waals surface area contributed by atoms with Crippen molar-refractivity contribution >= 4 is 51.4 Å². The Kier molecular flexibility index (Phi) is 16.2. The highest BCUT2D eigenvalue weighted by molar-refractivity contribution is 5.96. The number of para-hydroxylation sites is 2. The van der Waals surface area contributed by atoms with Crippen LogP contribution in [0.25, 0.3) is 21.8 Å². The number of hydrogen-bond acceptors (Lipinski definition) is 8. The van der Waals surface area contributed by atoms with Crippen LogP contribution < -0.4 is 38.5 Å². The van der Waals surface area contributed by atoms with Gasteiger partial charge in [0, 0.05) is 47.0 Å². The molecule has 0 fully saturated rings. The van der Waals surface area contributed by atoms with Crippen LogP contribution >= 0.6 is 0 Å². The third kappa shape index (κ3) is 11.9. The van der Waals surface area contributed by atoms with Crippen LogP contribution in [0.15, 0.2) is 60.9 Å². The number of carbonyl (C=O) groups excluding carboxylic acids is 4. The Hall–Kier alpha value is -5.25. The molecule has 0 radical (unpaired) electrons. The van der Waals surface area contributed by atoms with E-state index in [4.69, 9.17) is 17.2 Å². The smallest absolute Gasteiger partial charge is 0.326 e. The molecule has 0 saturated heterocycles. The van der Waals surface area contributed by atoms with Crippen molar-refractivity contribution in [3.05, 3.63) is 72.1 Å². The number of aromatic amines is 2. The molecule has 0 aliphatic carbocycles. The van der Waals surface area contributed by atoms with Gasteiger partial charge in [0.1, 0.15) is 24.2 Å². The first-order valence-electron chi connectivity index (χ1n) is 19.2. The Morgan fingerprint density at radius 2 is 1.13 bits per heavy atom. The summed E-state index contributed by atoms with van der Waals surface area (Å²) in [6.07, 6.45) is 7.13. The highest BCUT2D eigenvalue weighted by atomic mass is 16.4. The number of aliphatic carboxylic acids is 1. The largest absolute Gasteiger partial charge is 0.480 e. The predicted octanol–water partition coefficient (Wildman–Crippen LogP) is 2.09. The van der Waals surface area contributed by atoms with Crippen molar-refractivity contribution in [2.24, 2.45) is 23.1 Å². The summed E-state index contributed by atoms with van der Waals surface area (Å²) in [6.45, 7) is 4.58. The molecule has 6 atom stereocenters. The minimum absolute atomic E-state index is 0.0259. The summed E-state index contributed by atoms with van der Waals surface area (Å²) in [6, 6.07) is 9.56. The van der Waals surface area contributed by atoms with E-state index in [0.717, 1.165) is 32.9 Å². The van der Waals surface area contributed by atoms with Gasteiger partial charge < -0.3 is 53.5 Å². The number of carboxylic acid groups (broad SMARTS) is 1. The topological polar surface area (TPSA) is 263 Å². The summed E-state index contributed by atoms with van der Waals surface area (Å²) < 4.78 is 0. The number of hydrogen-bond donors (Lipinski definition) is 10. The number of benzene rings is 2. The van der Waals surface area contributed by atoms with Gasteiger partial charge in [0.25, 0.3) is 0 Å². The number of unbranched alkanes of at least 4 members (excludes halogenated alkanes) is 2. The lowest BCUT2D eigenvalue weighted by Crippen LogP contribution is -2.60. The molecule has 15 nitrogen and oxygen atoms in total. The SMILES string of the molecule is CC[C@H](C)[C@H](NC(=O)[C@@H](N)CCCCN)C(=O)N[C@@H](Cc1c[nH]c2ccccc12)C(=O)N[C@@H](Cc1c[nH]c2ccccc12)C(=O)N[C@@H](CCCCN)C(=O)O. The molecular formula is C40H57N9O6. The van der Waals surface area contributed by atoms with E-state index in [1.807, 2.05) is 62.4 Å². The molecule has 55 heavy (non-hydrogen) atoms. The first kappa shape index (κ1) is 42.5. The van der Waals surface area contributed by atoms with Crippen LogP contribution in [0.2, 0.25) is 0 Å². The van der Waals surface area contributed by atoms with Gasteiger partial charge in [-0.05, 0) is 74.4 Å². The summed E-state index contributed by atoms with van der Waals surface area (Å²) >= 11 is 0. The molecule has 2 heterocycles. The summed E-state index contributed by atoms with van der Waals surface area (Å²) in [5.41, 5.74) is 20.5. The van der Waals surface area contributed by atoms with Crippen LogP contribution in [0.3, 0.4) is 0 Å². The van der Waals surface area contributed by atoms with Gasteiger partial charge in [-0.1, -0.05) is 63.1 Å². The zero-order valence-corrected chi connectivity index (χ0v) is 31.7. The summed E-state index contributed by atoms with van der Waals surface area (Å²) in [7, 11) is 0. The molecule has 0 saturated carbocycles. The van der Waals surface area contributed by atoms with E-state index in [9.17, 15) is 29.1 Å². The average molecular weight is 760 g/mol. The van der Waals surface area contributed by atoms with Crippen LogP contribution in [0.4, 0.5) is 0 Å². The Labute approximate surface area is 321 Å². The van der Waals surface area contributed by atoms with Gasteiger partial charge in [0.2, 0.25) is 23.6 Å². The third-order valence-corrected chi connectivity index (χ3v) is 10.1. The van der Waals surface area contributed by atoms with Crippen LogP contribution in [0.5, 0.6) is 0 Å². The van der Waals surface area contributed by atoms with Crippen molar-refractivity contribution in [1.29, 1.82) is 0 Å². The molecule has 0 bridgehead atoms. The van der Waals surface area contributed by atoms with E-state index in [2.05, 4.69) is 31.2 Å². The van der Waals surface area contributed by atoms with Crippen molar-refractivity contribution in [1.82, 2.24) is 31.2 Å². The van der Waals surface area contributed by atoms with E-state index in [1.165, 1.54) is 0 Å². The van der Waals surface area contributed by atoms with Crippen molar-refractivity contribution in [2.45, 2.75) is 102 Å². The lowest BCUT2D eigenvalue weighted by Gasteiger charge is -2.28. The van der Waals surface area contributed by atoms with Gasteiger partial charge in [-0.3, -0.25) is 19.2 Å². The monoisotopic (exact) mass is 759 g/mol. The van der Waals surface area contributed by atoms with Gasteiger partial charge in [0.05, 0.1) is 6.04 Å². The number of carbonyl (C=O) groups is 5. The number of nitrogens with two attached hydrogens (primary N) is 3. The second-order valence-electron chi connectivity index (χ2n) is 14.2. The standard InChI is InChI=1S/C40H57N9O6/c1-3-24(2)35(49-36(50)29(43)14-8-10-18-41)39(53)48-34(21-26-23-45-31-16-7-5-13-28(26)31)38(52)47-33(20-25-22-44-30-15-6-4-12-27(25)30)37(51)46-32(40(54)55)17-9-11-19-42/h4-7,12-13,15-16,22-24,29,32-35,44-45H,3,8-11,14,17-21,41-43H2,1-2H3,(H,46,51)(H,47,52)(H,48,53)(H,49,50)(H,54,55)/t24-,29-,32-,33-,34-,35-/m0/s1. The Morgan fingerprint density at radius 1 is 0.655 bits per heavy atom. The predicted molar refractivity (Wildman–Crippen MR) is 213 cm³/mol. The van der Waals surface area contributed by atoms with Crippen molar-refractivity contribution in [3.8, 4) is 0 Å².